The number of nitrogens with zero attached hydrogens (tertiary/aromatic N) is 3. The van der Waals surface area contributed by atoms with Gasteiger partial charge in [0.15, 0.2) is 5.76 Å². The van der Waals surface area contributed by atoms with Gasteiger partial charge in [0.05, 0.1) is 36.7 Å². The molecule has 2 amide bonds. The van der Waals surface area contributed by atoms with Crippen molar-refractivity contribution in [1.82, 2.24) is 10.1 Å². The number of fused-ring (bicyclic) bond motifs is 1. The molecule has 7 heteroatoms. The van der Waals surface area contributed by atoms with Crippen LogP contribution in [0.15, 0.2) is 40.9 Å². The second kappa shape index (κ2) is 6.54. The van der Waals surface area contributed by atoms with Crippen molar-refractivity contribution in [3.05, 3.63) is 59.0 Å². The molecule has 4 atom stereocenters. The summed E-state index contributed by atoms with van der Waals surface area (Å²) in [6.45, 7) is 6.66. The number of hydrogen-bond donors (Lipinski definition) is 0. The minimum Gasteiger partial charge on any atom is -0.360 e. The Morgan fingerprint density at radius 1 is 1.27 bits per heavy atom. The number of aryl methyl sites for hydroxylation is 3. The van der Waals surface area contributed by atoms with E-state index in [0.29, 0.717) is 18.8 Å². The topological polar surface area (TPSA) is 75.9 Å². The van der Waals surface area contributed by atoms with Crippen LogP contribution in [-0.2, 0) is 20.9 Å². The highest BCUT2D eigenvalue weighted by Crippen LogP contribution is 2.53. The second-order valence-electron chi connectivity index (χ2n) is 8.72. The smallest absolute Gasteiger partial charge is 0.234 e. The van der Waals surface area contributed by atoms with Gasteiger partial charge >= 0.3 is 0 Å². The number of anilines is 1. The normalized spacial score (nSPS) is 29.0. The summed E-state index contributed by atoms with van der Waals surface area (Å²) in [4.78, 5) is 30.2. The lowest BCUT2D eigenvalue weighted by Crippen LogP contribution is -2.44. The summed E-state index contributed by atoms with van der Waals surface area (Å²) in [5.74, 6) is -0.589. The molecule has 4 heterocycles. The lowest BCUT2D eigenvalue weighted by molar-refractivity contribution is -0.139. The van der Waals surface area contributed by atoms with Gasteiger partial charge in [-0.25, -0.2) is 0 Å². The van der Waals surface area contributed by atoms with Gasteiger partial charge in [-0.3, -0.25) is 9.59 Å². The van der Waals surface area contributed by atoms with Crippen LogP contribution in [0.1, 0.15) is 22.6 Å². The summed E-state index contributed by atoms with van der Waals surface area (Å²) in [6, 6.07) is 7.82. The number of rotatable bonds is 4. The van der Waals surface area contributed by atoms with Crippen LogP contribution in [0.25, 0.3) is 0 Å². The average Bonchev–Trinajstić information content (AvgIpc) is 3.45. The van der Waals surface area contributed by atoms with E-state index < -0.39 is 17.4 Å². The predicted molar refractivity (Wildman–Crippen MR) is 110 cm³/mol. The van der Waals surface area contributed by atoms with Crippen LogP contribution in [0.4, 0.5) is 5.69 Å². The Balaban J connectivity index is 1.42. The first kappa shape index (κ1) is 19.1. The molecule has 1 aromatic heterocycles. The molecule has 2 bridgehead atoms. The molecule has 0 N–H and O–H groups in total. The third-order valence-electron chi connectivity index (χ3n) is 6.63. The van der Waals surface area contributed by atoms with Crippen molar-refractivity contribution in [2.45, 2.75) is 39.0 Å². The van der Waals surface area contributed by atoms with Gasteiger partial charge in [0, 0.05) is 18.8 Å². The van der Waals surface area contributed by atoms with Gasteiger partial charge in [0.25, 0.3) is 0 Å². The molecule has 2 aromatic rings. The molecule has 30 heavy (non-hydrogen) atoms. The summed E-state index contributed by atoms with van der Waals surface area (Å²) in [6.07, 6.45) is 3.54. The van der Waals surface area contributed by atoms with Gasteiger partial charge in [-0.05, 0) is 44.0 Å². The molecule has 5 rings (SSSR count). The maximum atomic E-state index is 13.5. The first-order valence-electron chi connectivity index (χ1n) is 10.2. The van der Waals surface area contributed by atoms with Crippen LogP contribution in [-0.4, -0.2) is 47.2 Å². The fourth-order valence-corrected chi connectivity index (χ4v) is 4.95. The van der Waals surface area contributed by atoms with Crippen molar-refractivity contribution in [1.29, 1.82) is 0 Å². The van der Waals surface area contributed by atoms with Crippen LogP contribution in [0.2, 0.25) is 0 Å². The van der Waals surface area contributed by atoms with Gasteiger partial charge in [-0.15, -0.1) is 0 Å². The van der Waals surface area contributed by atoms with Crippen molar-refractivity contribution in [2.24, 2.45) is 11.8 Å². The highest BCUT2D eigenvalue weighted by Gasteiger charge is 2.67. The fourth-order valence-electron chi connectivity index (χ4n) is 4.95. The summed E-state index contributed by atoms with van der Waals surface area (Å²) >= 11 is 0. The number of benzene rings is 1. The number of amides is 2. The summed E-state index contributed by atoms with van der Waals surface area (Å²) < 4.78 is 11.5. The third-order valence-corrected chi connectivity index (χ3v) is 6.63. The average molecular weight is 407 g/mol. The molecule has 7 nitrogen and oxygen atoms in total. The number of carbonyl (C=O) groups excluding carboxylic acids is 2. The van der Waals surface area contributed by atoms with Crippen LogP contribution in [0.3, 0.4) is 0 Å². The van der Waals surface area contributed by atoms with E-state index in [-0.39, 0.29) is 17.9 Å². The monoisotopic (exact) mass is 407 g/mol. The van der Waals surface area contributed by atoms with Gasteiger partial charge < -0.3 is 19.1 Å². The second-order valence-corrected chi connectivity index (χ2v) is 8.72. The van der Waals surface area contributed by atoms with Gasteiger partial charge in [-0.2, -0.15) is 0 Å². The van der Waals surface area contributed by atoms with E-state index in [0.717, 1.165) is 16.9 Å². The molecule has 1 aromatic carbocycles. The number of hydrogen-bond acceptors (Lipinski definition) is 5. The van der Waals surface area contributed by atoms with Crippen molar-refractivity contribution in [2.75, 3.05) is 18.5 Å². The molecule has 3 aliphatic rings. The third kappa shape index (κ3) is 2.72. The minimum atomic E-state index is -0.732. The van der Waals surface area contributed by atoms with Gasteiger partial charge in [0.1, 0.15) is 5.60 Å². The molecule has 0 unspecified atom stereocenters. The van der Waals surface area contributed by atoms with E-state index in [9.17, 15) is 9.59 Å². The number of carbonyl (C=O) groups is 2. The Morgan fingerprint density at radius 3 is 2.77 bits per heavy atom. The van der Waals surface area contributed by atoms with Gasteiger partial charge in [0.2, 0.25) is 11.8 Å². The maximum Gasteiger partial charge on any atom is 0.234 e. The van der Waals surface area contributed by atoms with E-state index in [2.05, 4.69) is 5.16 Å². The Morgan fingerprint density at radius 2 is 2.07 bits per heavy atom. The molecule has 2 saturated heterocycles. The number of aromatic nitrogens is 1. The van der Waals surface area contributed by atoms with Crippen molar-refractivity contribution in [3.8, 4) is 0 Å². The zero-order valence-corrected chi connectivity index (χ0v) is 17.6. The van der Waals surface area contributed by atoms with Crippen LogP contribution in [0, 0.1) is 32.6 Å². The molecule has 0 radical (unpaired) electrons. The fraction of sp³-hybridized carbons (Fsp3) is 0.435. The van der Waals surface area contributed by atoms with Crippen LogP contribution >= 0.6 is 0 Å². The molecule has 3 aliphatic heterocycles. The Kier molecular flexibility index (Phi) is 4.15. The molecule has 0 aliphatic carbocycles. The first-order chi connectivity index (χ1) is 14.3. The Bertz CT molecular complexity index is 1070. The standard InChI is InChI=1S/C23H25N3O4/c1-13-5-6-16(9-14(13)2)26-12-23-8-7-18(29-23)19(20(23)22(26)28)21(27)25(4)11-17-10-15(3)24-30-17/h5-10,18-20H,11-12H2,1-4H3/t18-,19-,20+,23-/m0/s1. The van der Waals surface area contributed by atoms with E-state index in [4.69, 9.17) is 9.26 Å². The lowest BCUT2D eigenvalue weighted by atomic mass is 9.76. The molecular weight excluding hydrogens is 382 g/mol. The zero-order chi connectivity index (χ0) is 21.2. The largest absolute Gasteiger partial charge is 0.360 e. The van der Waals surface area contributed by atoms with E-state index in [1.54, 1.807) is 16.8 Å². The zero-order valence-electron chi connectivity index (χ0n) is 17.6. The Labute approximate surface area is 175 Å². The SMILES string of the molecule is Cc1cc(CN(C)C(=O)[C@H]2[C@@H]3C=C[C@@]4(CN(c5ccc(C)c(C)c5)C(=O)[C@@H]24)O3)on1. The van der Waals surface area contributed by atoms with Crippen LogP contribution < -0.4 is 4.90 Å². The van der Waals surface area contributed by atoms with Crippen LogP contribution in [0.5, 0.6) is 0 Å². The molecule has 1 spiro atoms. The predicted octanol–water partition coefficient (Wildman–Crippen LogP) is 2.54. The molecular formula is C23H25N3O4. The van der Waals surface area contributed by atoms with E-state index in [1.807, 2.05) is 57.2 Å². The molecule has 2 fully saturated rings. The summed E-state index contributed by atoms with van der Waals surface area (Å²) in [5.41, 5.74) is 3.20. The highest BCUT2D eigenvalue weighted by atomic mass is 16.5. The molecule has 156 valence electrons. The number of ether oxygens (including phenoxy) is 1. The Hall–Kier alpha value is -2.93. The minimum absolute atomic E-state index is 0.0487. The van der Waals surface area contributed by atoms with E-state index in [1.165, 1.54) is 5.56 Å². The van der Waals surface area contributed by atoms with Gasteiger partial charge in [-0.1, -0.05) is 23.4 Å². The van der Waals surface area contributed by atoms with E-state index >= 15 is 0 Å². The molecule has 0 saturated carbocycles. The highest BCUT2D eigenvalue weighted by molar-refractivity contribution is 6.03. The summed E-state index contributed by atoms with van der Waals surface area (Å²) in [5, 5.41) is 3.88. The maximum absolute atomic E-state index is 13.5. The lowest BCUT2D eigenvalue weighted by Gasteiger charge is -2.27. The first-order valence-corrected chi connectivity index (χ1v) is 10.2. The quantitative estimate of drug-likeness (QED) is 0.728. The van der Waals surface area contributed by atoms with Crippen molar-refractivity contribution >= 4 is 17.5 Å². The summed E-state index contributed by atoms with van der Waals surface area (Å²) in [7, 11) is 1.73. The van der Waals surface area contributed by atoms with Crippen molar-refractivity contribution < 1.29 is 18.8 Å². The van der Waals surface area contributed by atoms with Crippen molar-refractivity contribution in [3.63, 3.8) is 0 Å².